The topological polar surface area (TPSA) is 24.5 Å². The molecule has 1 aliphatic rings. The number of likely N-dealkylation sites (N-methyl/N-ethyl adjacent to an activating group) is 1. The summed E-state index contributed by atoms with van der Waals surface area (Å²) in [4.78, 5) is 2.35. The average molecular weight is 200 g/mol. The number of ether oxygens (including phenoxy) is 1. The van der Waals surface area contributed by atoms with Crippen molar-refractivity contribution in [3.8, 4) is 0 Å². The van der Waals surface area contributed by atoms with Crippen LogP contribution in [0.5, 0.6) is 0 Å². The van der Waals surface area contributed by atoms with Crippen molar-refractivity contribution in [3.05, 3.63) is 0 Å². The normalized spacial score (nSPS) is 22.9. The predicted molar refractivity (Wildman–Crippen MR) is 59.6 cm³/mol. The van der Waals surface area contributed by atoms with Crippen LogP contribution >= 0.6 is 0 Å². The van der Waals surface area contributed by atoms with Crippen molar-refractivity contribution in [1.29, 1.82) is 0 Å². The fraction of sp³-hybridized carbons (Fsp3) is 1.00. The van der Waals surface area contributed by atoms with Gasteiger partial charge in [-0.25, -0.2) is 0 Å². The SMILES string of the molecule is COCCN(C)CCC1CCCCN1. The van der Waals surface area contributed by atoms with E-state index in [9.17, 15) is 0 Å². The quantitative estimate of drug-likeness (QED) is 0.695. The second kappa shape index (κ2) is 7.21. The van der Waals surface area contributed by atoms with E-state index in [1.807, 2.05) is 0 Å². The van der Waals surface area contributed by atoms with E-state index < -0.39 is 0 Å². The van der Waals surface area contributed by atoms with Crippen LogP contribution in [0.2, 0.25) is 0 Å². The van der Waals surface area contributed by atoms with Crippen LogP contribution < -0.4 is 5.32 Å². The molecule has 1 rings (SSSR count). The van der Waals surface area contributed by atoms with Gasteiger partial charge >= 0.3 is 0 Å². The van der Waals surface area contributed by atoms with E-state index in [4.69, 9.17) is 4.74 Å². The number of piperidine rings is 1. The summed E-state index contributed by atoms with van der Waals surface area (Å²) in [6.07, 6.45) is 5.40. The monoisotopic (exact) mass is 200 g/mol. The molecule has 0 aliphatic carbocycles. The molecule has 84 valence electrons. The zero-order chi connectivity index (χ0) is 10.2. The fourth-order valence-electron chi connectivity index (χ4n) is 1.91. The molecule has 0 aromatic rings. The highest BCUT2D eigenvalue weighted by atomic mass is 16.5. The first-order valence-corrected chi connectivity index (χ1v) is 5.74. The number of hydrogen-bond donors (Lipinski definition) is 1. The zero-order valence-electron chi connectivity index (χ0n) is 9.59. The van der Waals surface area contributed by atoms with Gasteiger partial charge in [0.2, 0.25) is 0 Å². The third-order valence-electron chi connectivity index (χ3n) is 2.95. The summed E-state index contributed by atoms with van der Waals surface area (Å²) >= 11 is 0. The van der Waals surface area contributed by atoms with Crippen LogP contribution in [0.15, 0.2) is 0 Å². The Kier molecular flexibility index (Phi) is 6.15. The maximum atomic E-state index is 5.05. The highest BCUT2D eigenvalue weighted by Gasteiger charge is 2.12. The Morgan fingerprint density at radius 1 is 1.36 bits per heavy atom. The van der Waals surface area contributed by atoms with E-state index in [2.05, 4.69) is 17.3 Å². The Balaban J connectivity index is 2.00. The van der Waals surface area contributed by atoms with E-state index in [0.29, 0.717) is 0 Å². The number of rotatable bonds is 6. The Bertz CT molecular complexity index is 135. The predicted octanol–water partition coefficient (Wildman–Crippen LogP) is 1.10. The van der Waals surface area contributed by atoms with Gasteiger partial charge in [0.1, 0.15) is 0 Å². The minimum Gasteiger partial charge on any atom is -0.383 e. The minimum atomic E-state index is 0.758. The van der Waals surface area contributed by atoms with E-state index in [0.717, 1.165) is 19.2 Å². The van der Waals surface area contributed by atoms with Crippen LogP contribution in [-0.4, -0.2) is 51.3 Å². The van der Waals surface area contributed by atoms with Crippen molar-refractivity contribution in [2.75, 3.05) is 40.4 Å². The van der Waals surface area contributed by atoms with Gasteiger partial charge in [0.15, 0.2) is 0 Å². The third-order valence-corrected chi connectivity index (χ3v) is 2.95. The summed E-state index contributed by atoms with van der Waals surface area (Å²) in [5.74, 6) is 0. The third kappa shape index (κ3) is 4.94. The lowest BCUT2D eigenvalue weighted by Gasteiger charge is -2.25. The maximum Gasteiger partial charge on any atom is 0.0589 e. The van der Waals surface area contributed by atoms with Gasteiger partial charge in [-0.05, 0) is 39.4 Å². The lowest BCUT2D eigenvalue weighted by atomic mass is 10.0. The molecule has 1 saturated heterocycles. The van der Waals surface area contributed by atoms with Crippen LogP contribution in [0.4, 0.5) is 0 Å². The largest absolute Gasteiger partial charge is 0.383 e. The van der Waals surface area contributed by atoms with Crippen molar-refractivity contribution in [2.24, 2.45) is 0 Å². The van der Waals surface area contributed by atoms with Gasteiger partial charge in [-0.2, -0.15) is 0 Å². The second-order valence-corrected chi connectivity index (χ2v) is 4.23. The van der Waals surface area contributed by atoms with Crippen molar-refractivity contribution >= 4 is 0 Å². The van der Waals surface area contributed by atoms with Gasteiger partial charge in [-0.1, -0.05) is 6.42 Å². The molecular weight excluding hydrogens is 176 g/mol. The smallest absolute Gasteiger partial charge is 0.0589 e. The number of methoxy groups -OCH3 is 1. The molecule has 0 saturated carbocycles. The van der Waals surface area contributed by atoms with Gasteiger partial charge in [0.05, 0.1) is 6.61 Å². The zero-order valence-corrected chi connectivity index (χ0v) is 9.59. The van der Waals surface area contributed by atoms with Gasteiger partial charge < -0.3 is 15.0 Å². The molecule has 1 heterocycles. The van der Waals surface area contributed by atoms with Gasteiger partial charge in [0.25, 0.3) is 0 Å². The van der Waals surface area contributed by atoms with Gasteiger partial charge in [-0.3, -0.25) is 0 Å². The van der Waals surface area contributed by atoms with Crippen LogP contribution in [0.25, 0.3) is 0 Å². The van der Waals surface area contributed by atoms with Gasteiger partial charge in [-0.15, -0.1) is 0 Å². The molecule has 14 heavy (non-hydrogen) atoms. The molecule has 3 nitrogen and oxygen atoms in total. The Morgan fingerprint density at radius 3 is 2.86 bits per heavy atom. The first kappa shape index (κ1) is 12.0. The van der Waals surface area contributed by atoms with E-state index in [1.54, 1.807) is 7.11 Å². The van der Waals surface area contributed by atoms with Crippen LogP contribution in [0.3, 0.4) is 0 Å². The van der Waals surface area contributed by atoms with Crippen LogP contribution in [0.1, 0.15) is 25.7 Å². The molecular formula is C11H24N2O. The first-order chi connectivity index (χ1) is 6.83. The Labute approximate surface area is 87.8 Å². The lowest BCUT2D eigenvalue weighted by molar-refractivity contribution is 0.157. The molecule has 0 radical (unpaired) electrons. The molecule has 0 spiro atoms. The minimum absolute atomic E-state index is 0.758. The number of nitrogens with one attached hydrogen (secondary N) is 1. The molecule has 0 amide bonds. The Hall–Kier alpha value is -0.120. The van der Waals surface area contributed by atoms with Crippen molar-refractivity contribution in [1.82, 2.24) is 10.2 Å². The summed E-state index contributed by atoms with van der Waals surface area (Å²) in [7, 11) is 3.93. The molecule has 0 aromatic carbocycles. The second-order valence-electron chi connectivity index (χ2n) is 4.23. The number of nitrogens with zero attached hydrogens (tertiary/aromatic N) is 1. The highest BCUT2D eigenvalue weighted by Crippen LogP contribution is 2.10. The maximum absolute atomic E-state index is 5.05. The fourth-order valence-corrected chi connectivity index (χ4v) is 1.91. The average Bonchev–Trinajstić information content (AvgIpc) is 2.25. The summed E-state index contributed by atoms with van der Waals surface area (Å²) in [5, 5.41) is 3.57. The standard InChI is InChI=1S/C11H24N2O/c1-13(9-10-14-2)8-6-11-5-3-4-7-12-11/h11-12H,3-10H2,1-2H3. The molecule has 3 heteroatoms. The van der Waals surface area contributed by atoms with E-state index >= 15 is 0 Å². The van der Waals surface area contributed by atoms with Crippen LogP contribution in [-0.2, 0) is 4.74 Å². The van der Waals surface area contributed by atoms with Crippen molar-refractivity contribution < 1.29 is 4.74 Å². The van der Waals surface area contributed by atoms with E-state index in [-0.39, 0.29) is 0 Å². The van der Waals surface area contributed by atoms with Gasteiger partial charge in [0, 0.05) is 19.7 Å². The molecule has 1 atom stereocenters. The molecule has 1 aliphatic heterocycles. The van der Waals surface area contributed by atoms with E-state index in [1.165, 1.54) is 38.8 Å². The number of hydrogen-bond acceptors (Lipinski definition) is 3. The summed E-state index contributed by atoms with van der Waals surface area (Å²) in [6.45, 7) is 4.28. The lowest BCUT2D eigenvalue weighted by Crippen LogP contribution is -2.37. The summed E-state index contributed by atoms with van der Waals surface area (Å²) in [6, 6.07) is 0.758. The highest BCUT2D eigenvalue weighted by molar-refractivity contribution is 4.73. The van der Waals surface area contributed by atoms with Crippen LogP contribution in [0, 0.1) is 0 Å². The molecule has 0 bridgehead atoms. The molecule has 0 aromatic heterocycles. The first-order valence-electron chi connectivity index (χ1n) is 5.74. The summed E-state index contributed by atoms with van der Waals surface area (Å²) in [5.41, 5.74) is 0. The molecule has 1 N–H and O–H groups in total. The van der Waals surface area contributed by atoms with Crippen molar-refractivity contribution in [3.63, 3.8) is 0 Å². The summed E-state index contributed by atoms with van der Waals surface area (Å²) < 4.78 is 5.05. The molecule has 1 fully saturated rings. The Morgan fingerprint density at radius 2 is 2.21 bits per heavy atom. The van der Waals surface area contributed by atoms with Crippen molar-refractivity contribution in [2.45, 2.75) is 31.7 Å². The molecule has 1 unspecified atom stereocenters.